The standard InChI is InChI=1S/C18H20ClN3O/c19-12-5-6-16-14(8-12)15(9-17(21-16)11-3-4-11)18(23)22-7-1-2-13(20)10-22/h5-6,8-9,11,13H,1-4,7,10,20H2. The van der Waals surface area contributed by atoms with Crippen LogP contribution in [0.4, 0.5) is 0 Å². The Labute approximate surface area is 140 Å². The average molecular weight is 330 g/mol. The molecule has 0 spiro atoms. The summed E-state index contributed by atoms with van der Waals surface area (Å²) in [6.07, 6.45) is 4.27. The molecule has 120 valence electrons. The third kappa shape index (κ3) is 2.93. The Morgan fingerprint density at radius 1 is 1.26 bits per heavy atom. The van der Waals surface area contributed by atoms with E-state index in [0.29, 0.717) is 23.0 Å². The molecule has 1 aromatic heterocycles. The zero-order valence-electron chi connectivity index (χ0n) is 13.0. The van der Waals surface area contributed by atoms with Gasteiger partial charge in [0, 0.05) is 41.2 Å². The minimum absolute atomic E-state index is 0.0525. The quantitative estimate of drug-likeness (QED) is 0.919. The van der Waals surface area contributed by atoms with Gasteiger partial charge in [-0.1, -0.05) is 11.6 Å². The lowest BCUT2D eigenvalue weighted by Gasteiger charge is -2.31. The summed E-state index contributed by atoms with van der Waals surface area (Å²) in [6, 6.07) is 7.63. The van der Waals surface area contributed by atoms with Gasteiger partial charge in [-0.25, -0.2) is 0 Å². The number of hydrogen-bond donors (Lipinski definition) is 1. The summed E-state index contributed by atoms with van der Waals surface area (Å²) >= 11 is 6.15. The van der Waals surface area contributed by atoms with Crippen molar-refractivity contribution in [3.05, 3.63) is 40.5 Å². The molecule has 0 radical (unpaired) electrons. The third-order valence-electron chi connectivity index (χ3n) is 4.76. The number of carbonyl (C=O) groups is 1. The number of hydrogen-bond acceptors (Lipinski definition) is 3. The van der Waals surface area contributed by atoms with Crippen molar-refractivity contribution in [1.29, 1.82) is 0 Å². The summed E-state index contributed by atoms with van der Waals surface area (Å²) in [6.45, 7) is 1.40. The molecule has 1 saturated carbocycles. The molecule has 0 bridgehead atoms. The first-order chi connectivity index (χ1) is 11.1. The number of nitrogens with zero attached hydrogens (tertiary/aromatic N) is 2. The van der Waals surface area contributed by atoms with Crippen molar-refractivity contribution < 1.29 is 4.79 Å². The van der Waals surface area contributed by atoms with Crippen LogP contribution < -0.4 is 5.73 Å². The second-order valence-corrected chi connectivity index (χ2v) is 7.12. The van der Waals surface area contributed by atoms with E-state index in [1.807, 2.05) is 29.2 Å². The summed E-state index contributed by atoms with van der Waals surface area (Å²) in [5, 5.41) is 1.47. The topological polar surface area (TPSA) is 59.2 Å². The van der Waals surface area contributed by atoms with Crippen LogP contribution in [0.1, 0.15) is 47.7 Å². The first-order valence-corrected chi connectivity index (χ1v) is 8.64. The summed E-state index contributed by atoms with van der Waals surface area (Å²) in [4.78, 5) is 19.7. The van der Waals surface area contributed by atoms with Crippen molar-refractivity contribution in [2.24, 2.45) is 5.73 Å². The van der Waals surface area contributed by atoms with E-state index in [0.717, 1.165) is 48.8 Å². The van der Waals surface area contributed by atoms with Crippen molar-refractivity contribution in [2.75, 3.05) is 13.1 Å². The number of benzene rings is 1. The van der Waals surface area contributed by atoms with Crippen molar-refractivity contribution >= 4 is 28.4 Å². The van der Waals surface area contributed by atoms with Crippen LogP contribution in [0.5, 0.6) is 0 Å². The number of fused-ring (bicyclic) bond motifs is 1. The number of halogens is 1. The number of rotatable bonds is 2. The highest BCUT2D eigenvalue weighted by Gasteiger charge is 2.29. The van der Waals surface area contributed by atoms with E-state index >= 15 is 0 Å². The number of piperidine rings is 1. The molecular weight excluding hydrogens is 310 g/mol. The number of amides is 1. The highest BCUT2D eigenvalue weighted by molar-refractivity contribution is 6.31. The number of nitrogens with two attached hydrogens (primary N) is 1. The van der Waals surface area contributed by atoms with Gasteiger partial charge in [-0.2, -0.15) is 0 Å². The molecule has 1 aliphatic carbocycles. The van der Waals surface area contributed by atoms with E-state index in [1.54, 1.807) is 0 Å². The first kappa shape index (κ1) is 14.9. The molecule has 2 aliphatic rings. The van der Waals surface area contributed by atoms with Gasteiger partial charge in [-0.3, -0.25) is 9.78 Å². The van der Waals surface area contributed by atoms with E-state index in [4.69, 9.17) is 22.3 Å². The fraction of sp³-hybridized carbons (Fsp3) is 0.444. The normalized spacial score (nSPS) is 21.7. The SMILES string of the molecule is NC1CCCN(C(=O)c2cc(C3CC3)nc3ccc(Cl)cc23)C1. The Balaban J connectivity index is 1.80. The maximum atomic E-state index is 13.1. The molecule has 23 heavy (non-hydrogen) atoms. The van der Waals surface area contributed by atoms with Crippen LogP contribution in [0.3, 0.4) is 0 Å². The molecule has 4 rings (SSSR count). The zero-order chi connectivity index (χ0) is 16.0. The Morgan fingerprint density at radius 3 is 2.83 bits per heavy atom. The molecule has 2 fully saturated rings. The highest BCUT2D eigenvalue weighted by Crippen LogP contribution is 2.40. The summed E-state index contributed by atoms with van der Waals surface area (Å²) < 4.78 is 0. The molecule has 2 N–H and O–H groups in total. The van der Waals surface area contributed by atoms with Crippen LogP contribution in [-0.4, -0.2) is 34.9 Å². The van der Waals surface area contributed by atoms with Gasteiger partial charge in [0.1, 0.15) is 0 Å². The van der Waals surface area contributed by atoms with Gasteiger partial charge in [0.15, 0.2) is 0 Å². The van der Waals surface area contributed by atoms with Crippen LogP contribution >= 0.6 is 11.6 Å². The van der Waals surface area contributed by atoms with Crippen molar-refractivity contribution in [3.63, 3.8) is 0 Å². The summed E-state index contributed by atoms with van der Waals surface area (Å²) in [5.74, 6) is 0.557. The lowest BCUT2D eigenvalue weighted by Crippen LogP contribution is -2.45. The Morgan fingerprint density at radius 2 is 2.09 bits per heavy atom. The van der Waals surface area contributed by atoms with Crippen LogP contribution in [0, 0.1) is 0 Å². The predicted octanol–water partition coefficient (Wildman–Crippen LogP) is 3.33. The van der Waals surface area contributed by atoms with Gasteiger partial charge in [-0.05, 0) is 49.9 Å². The first-order valence-electron chi connectivity index (χ1n) is 8.27. The van der Waals surface area contributed by atoms with E-state index < -0.39 is 0 Å². The Bertz CT molecular complexity index is 772. The zero-order valence-corrected chi connectivity index (χ0v) is 13.7. The predicted molar refractivity (Wildman–Crippen MR) is 91.8 cm³/mol. The molecule has 2 aromatic rings. The van der Waals surface area contributed by atoms with Crippen LogP contribution in [0.2, 0.25) is 5.02 Å². The maximum absolute atomic E-state index is 13.1. The van der Waals surface area contributed by atoms with Gasteiger partial charge in [0.2, 0.25) is 0 Å². The van der Waals surface area contributed by atoms with Crippen LogP contribution in [-0.2, 0) is 0 Å². The highest BCUT2D eigenvalue weighted by atomic mass is 35.5. The molecule has 2 heterocycles. The van der Waals surface area contributed by atoms with Crippen molar-refractivity contribution in [1.82, 2.24) is 9.88 Å². The third-order valence-corrected chi connectivity index (χ3v) is 5.00. The number of likely N-dealkylation sites (tertiary alicyclic amines) is 1. The fourth-order valence-corrected chi connectivity index (χ4v) is 3.52. The van der Waals surface area contributed by atoms with Crippen LogP contribution in [0.15, 0.2) is 24.3 Å². The fourth-order valence-electron chi connectivity index (χ4n) is 3.35. The van der Waals surface area contributed by atoms with Gasteiger partial charge >= 0.3 is 0 Å². The lowest BCUT2D eigenvalue weighted by molar-refractivity contribution is 0.0710. The molecule has 1 amide bonds. The molecule has 1 saturated heterocycles. The molecule has 1 aromatic carbocycles. The number of carbonyl (C=O) groups excluding carboxylic acids is 1. The molecular formula is C18H20ClN3O. The van der Waals surface area contributed by atoms with Crippen molar-refractivity contribution in [2.45, 2.75) is 37.6 Å². The van der Waals surface area contributed by atoms with Gasteiger partial charge in [0.05, 0.1) is 11.1 Å². The number of aromatic nitrogens is 1. The molecule has 1 aliphatic heterocycles. The summed E-state index contributed by atoms with van der Waals surface area (Å²) in [7, 11) is 0. The molecule has 1 unspecified atom stereocenters. The minimum atomic E-state index is 0.0525. The van der Waals surface area contributed by atoms with Gasteiger partial charge in [0.25, 0.3) is 5.91 Å². The summed E-state index contributed by atoms with van der Waals surface area (Å²) in [5.41, 5.74) is 8.64. The monoisotopic (exact) mass is 329 g/mol. The molecule has 1 atom stereocenters. The number of pyridine rings is 1. The second-order valence-electron chi connectivity index (χ2n) is 6.68. The van der Waals surface area contributed by atoms with Crippen LogP contribution in [0.25, 0.3) is 10.9 Å². The van der Waals surface area contributed by atoms with E-state index in [-0.39, 0.29) is 11.9 Å². The Hall–Kier alpha value is -1.65. The smallest absolute Gasteiger partial charge is 0.254 e. The minimum Gasteiger partial charge on any atom is -0.337 e. The van der Waals surface area contributed by atoms with Gasteiger partial charge < -0.3 is 10.6 Å². The van der Waals surface area contributed by atoms with E-state index in [9.17, 15) is 4.79 Å². The van der Waals surface area contributed by atoms with Crippen molar-refractivity contribution in [3.8, 4) is 0 Å². The average Bonchev–Trinajstić information content (AvgIpc) is 3.38. The molecule has 5 heteroatoms. The molecule has 4 nitrogen and oxygen atoms in total. The lowest BCUT2D eigenvalue weighted by atomic mass is 10.0. The van der Waals surface area contributed by atoms with E-state index in [2.05, 4.69) is 0 Å². The van der Waals surface area contributed by atoms with E-state index in [1.165, 1.54) is 0 Å². The maximum Gasteiger partial charge on any atom is 0.254 e. The Kier molecular flexibility index (Phi) is 3.74. The van der Waals surface area contributed by atoms with Gasteiger partial charge in [-0.15, -0.1) is 0 Å². The second kappa shape index (κ2) is 5.77. The largest absolute Gasteiger partial charge is 0.337 e.